The molecule has 1 N–H and O–H groups in total. The van der Waals surface area contributed by atoms with Crippen LogP contribution in [0.2, 0.25) is 5.02 Å². The van der Waals surface area contributed by atoms with E-state index < -0.39 is 0 Å². The summed E-state index contributed by atoms with van der Waals surface area (Å²) in [7, 11) is 0. The molecular weight excluding hydrogens is 290 g/mol. The summed E-state index contributed by atoms with van der Waals surface area (Å²) in [6, 6.07) is 7.45. The van der Waals surface area contributed by atoms with Crippen molar-refractivity contribution in [2.75, 3.05) is 5.75 Å². The molecule has 1 aromatic heterocycles. The molecule has 0 atom stereocenters. The van der Waals surface area contributed by atoms with Crippen LogP contribution >= 0.6 is 34.7 Å². The lowest BCUT2D eigenvalue weighted by molar-refractivity contribution is -0.118. The first-order valence-corrected chi connectivity index (χ1v) is 7.39. The van der Waals surface area contributed by atoms with Gasteiger partial charge in [-0.3, -0.25) is 4.79 Å². The number of nitrogens with one attached hydrogen (secondary N) is 1. The molecule has 7 heteroatoms. The molecule has 0 aliphatic heterocycles. The second kappa shape index (κ2) is 6.72. The number of carbonyl (C=O) groups is 1. The van der Waals surface area contributed by atoms with E-state index in [9.17, 15) is 4.79 Å². The molecule has 0 saturated heterocycles. The van der Waals surface area contributed by atoms with Crippen molar-refractivity contribution < 1.29 is 4.79 Å². The Morgan fingerprint density at radius 1 is 1.44 bits per heavy atom. The zero-order valence-corrected chi connectivity index (χ0v) is 11.7. The van der Waals surface area contributed by atoms with Gasteiger partial charge in [-0.2, -0.15) is 0 Å². The molecule has 1 heterocycles. The highest BCUT2D eigenvalue weighted by Gasteiger charge is 2.06. The van der Waals surface area contributed by atoms with E-state index in [2.05, 4.69) is 15.5 Å². The van der Waals surface area contributed by atoms with Crippen LogP contribution < -0.4 is 5.32 Å². The monoisotopic (exact) mass is 299 g/mol. The third-order valence-electron chi connectivity index (χ3n) is 2.10. The normalized spacial score (nSPS) is 10.3. The number of hydrogen-bond acceptors (Lipinski definition) is 5. The van der Waals surface area contributed by atoms with Gasteiger partial charge in [0.25, 0.3) is 0 Å². The van der Waals surface area contributed by atoms with Gasteiger partial charge in [-0.15, -0.1) is 10.2 Å². The van der Waals surface area contributed by atoms with Crippen LogP contribution in [0.15, 0.2) is 34.1 Å². The largest absolute Gasteiger partial charge is 0.351 e. The average Bonchev–Trinajstić information content (AvgIpc) is 2.88. The molecular formula is C11H10ClN3OS2. The zero-order valence-electron chi connectivity index (χ0n) is 9.30. The fourth-order valence-electron chi connectivity index (χ4n) is 1.24. The first-order valence-electron chi connectivity index (χ1n) is 5.15. The van der Waals surface area contributed by atoms with Crippen LogP contribution in [0.25, 0.3) is 0 Å². The number of aromatic nitrogens is 2. The molecule has 0 fully saturated rings. The number of rotatable bonds is 5. The Morgan fingerprint density at radius 2 is 2.28 bits per heavy atom. The van der Waals surface area contributed by atoms with Crippen LogP contribution in [-0.2, 0) is 11.3 Å². The van der Waals surface area contributed by atoms with E-state index in [1.807, 2.05) is 18.2 Å². The summed E-state index contributed by atoms with van der Waals surface area (Å²) in [6.45, 7) is 0.440. The Labute approximate surface area is 118 Å². The summed E-state index contributed by atoms with van der Waals surface area (Å²) < 4.78 is 0.794. The van der Waals surface area contributed by atoms with E-state index in [-0.39, 0.29) is 5.91 Å². The van der Waals surface area contributed by atoms with Crippen LogP contribution in [0.1, 0.15) is 5.56 Å². The fraction of sp³-hybridized carbons (Fsp3) is 0.182. The minimum atomic E-state index is -0.0462. The Kier molecular flexibility index (Phi) is 4.98. The van der Waals surface area contributed by atoms with Gasteiger partial charge in [-0.1, -0.05) is 52.9 Å². The summed E-state index contributed by atoms with van der Waals surface area (Å²) in [5.74, 6) is 0.287. The summed E-state index contributed by atoms with van der Waals surface area (Å²) in [5.41, 5.74) is 2.55. The molecule has 4 nitrogen and oxygen atoms in total. The predicted octanol–water partition coefficient (Wildman–Crippen LogP) is 2.60. The lowest BCUT2D eigenvalue weighted by atomic mass is 10.2. The Morgan fingerprint density at radius 3 is 3.00 bits per heavy atom. The summed E-state index contributed by atoms with van der Waals surface area (Å²) >= 11 is 8.79. The van der Waals surface area contributed by atoms with Gasteiger partial charge in [0.1, 0.15) is 5.51 Å². The molecule has 0 saturated carbocycles. The lowest BCUT2D eigenvalue weighted by Gasteiger charge is -2.05. The van der Waals surface area contributed by atoms with Crippen molar-refractivity contribution in [1.82, 2.24) is 15.5 Å². The topological polar surface area (TPSA) is 54.9 Å². The average molecular weight is 300 g/mol. The van der Waals surface area contributed by atoms with E-state index in [0.717, 1.165) is 9.90 Å². The molecule has 0 bridgehead atoms. The van der Waals surface area contributed by atoms with E-state index >= 15 is 0 Å². The lowest BCUT2D eigenvalue weighted by Crippen LogP contribution is -2.24. The smallest absolute Gasteiger partial charge is 0.230 e. The fourth-order valence-corrected chi connectivity index (χ4v) is 2.76. The molecule has 1 amide bonds. The van der Waals surface area contributed by atoms with Crippen LogP contribution in [0.5, 0.6) is 0 Å². The SMILES string of the molecule is O=C(CSc1nncs1)NCc1ccccc1Cl. The van der Waals surface area contributed by atoms with E-state index in [0.29, 0.717) is 17.3 Å². The van der Waals surface area contributed by atoms with Crippen molar-refractivity contribution in [3.8, 4) is 0 Å². The number of hydrogen-bond donors (Lipinski definition) is 1. The first-order chi connectivity index (χ1) is 8.75. The summed E-state index contributed by atoms with van der Waals surface area (Å²) in [5, 5.41) is 11.0. The quantitative estimate of drug-likeness (QED) is 0.862. The summed E-state index contributed by atoms with van der Waals surface area (Å²) in [4.78, 5) is 11.6. The van der Waals surface area contributed by atoms with Crippen LogP contribution in [0, 0.1) is 0 Å². The number of halogens is 1. The highest BCUT2D eigenvalue weighted by Crippen LogP contribution is 2.18. The maximum atomic E-state index is 11.6. The third kappa shape index (κ3) is 3.97. The predicted molar refractivity (Wildman–Crippen MR) is 73.9 cm³/mol. The minimum absolute atomic E-state index is 0.0462. The maximum absolute atomic E-state index is 11.6. The van der Waals surface area contributed by atoms with Crippen molar-refractivity contribution in [1.29, 1.82) is 0 Å². The van der Waals surface area contributed by atoms with E-state index in [1.165, 1.54) is 23.1 Å². The number of thioether (sulfide) groups is 1. The molecule has 1 aromatic carbocycles. The Hall–Kier alpha value is -1.11. The number of benzene rings is 1. The van der Waals surface area contributed by atoms with Gasteiger partial charge >= 0.3 is 0 Å². The van der Waals surface area contributed by atoms with Crippen LogP contribution in [-0.4, -0.2) is 21.9 Å². The highest BCUT2D eigenvalue weighted by atomic mass is 35.5. The van der Waals surface area contributed by atoms with Gasteiger partial charge < -0.3 is 5.32 Å². The molecule has 94 valence electrons. The molecule has 2 aromatic rings. The van der Waals surface area contributed by atoms with Gasteiger partial charge in [0, 0.05) is 11.6 Å². The molecule has 0 spiro atoms. The van der Waals surface area contributed by atoms with Crippen LogP contribution in [0.4, 0.5) is 0 Å². The Bertz CT molecular complexity index is 519. The van der Waals surface area contributed by atoms with E-state index in [4.69, 9.17) is 11.6 Å². The van der Waals surface area contributed by atoms with Crippen molar-refractivity contribution >= 4 is 40.6 Å². The molecule has 0 unspecified atom stereocenters. The molecule has 2 rings (SSSR count). The Balaban J connectivity index is 1.77. The molecule has 0 aliphatic carbocycles. The first kappa shape index (κ1) is 13.3. The zero-order chi connectivity index (χ0) is 12.8. The van der Waals surface area contributed by atoms with Crippen LogP contribution in [0.3, 0.4) is 0 Å². The molecule has 18 heavy (non-hydrogen) atoms. The van der Waals surface area contributed by atoms with E-state index in [1.54, 1.807) is 11.6 Å². The highest BCUT2D eigenvalue weighted by molar-refractivity contribution is 8.01. The number of carbonyl (C=O) groups excluding carboxylic acids is 1. The summed E-state index contributed by atoms with van der Waals surface area (Å²) in [6.07, 6.45) is 0. The minimum Gasteiger partial charge on any atom is -0.351 e. The van der Waals surface area contributed by atoms with Gasteiger partial charge in [-0.25, -0.2) is 0 Å². The van der Waals surface area contributed by atoms with Gasteiger partial charge in [0.05, 0.1) is 5.75 Å². The second-order valence-electron chi connectivity index (χ2n) is 3.36. The van der Waals surface area contributed by atoms with Gasteiger partial charge in [0.15, 0.2) is 4.34 Å². The molecule has 0 aliphatic rings. The van der Waals surface area contributed by atoms with Gasteiger partial charge in [0.2, 0.25) is 5.91 Å². The number of amides is 1. The second-order valence-corrected chi connectivity index (χ2v) is 5.82. The van der Waals surface area contributed by atoms with Crippen molar-refractivity contribution in [3.05, 3.63) is 40.4 Å². The van der Waals surface area contributed by atoms with Gasteiger partial charge in [-0.05, 0) is 11.6 Å². The number of nitrogens with zero attached hydrogens (tertiary/aromatic N) is 2. The standard InChI is InChI=1S/C11H10ClN3OS2/c12-9-4-2-1-3-8(9)5-13-10(16)6-17-11-15-14-7-18-11/h1-4,7H,5-6H2,(H,13,16). The van der Waals surface area contributed by atoms with Crippen molar-refractivity contribution in [2.45, 2.75) is 10.9 Å². The maximum Gasteiger partial charge on any atom is 0.230 e. The van der Waals surface area contributed by atoms with Crippen molar-refractivity contribution in [3.63, 3.8) is 0 Å². The third-order valence-corrected chi connectivity index (χ3v) is 4.33. The molecule has 0 radical (unpaired) electrons. The van der Waals surface area contributed by atoms with Crippen molar-refractivity contribution in [2.24, 2.45) is 0 Å².